The first-order chi connectivity index (χ1) is 7.86. The van der Waals surface area contributed by atoms with Crippen LogP contribution in [0.4, 0.5) is 5.69 Å². The highest BCUT2D eigenvalue weighted by molar-refractivity contribution is 6.08. The van der Waals surface area contributed by atoms with Crippen molar-refractivity contribution in [2.75, 3.05) is 6.54 Å². The van der Waals surface area contributed by atoms with Crippen molar-refractivity contribution < 1.29 is 4.79 Å². The van der Waals surface area contributed by atoms with Crippen LogP contribution in [0.5, 0.6) is 0 Å². The van der Waals surface area contributed by atoms with Crippen LogP contribution in [0.15, 0.2) is 35.5 Å². The highest BCUT2D eigenvalue weighted by atomic mass is 16.1. The van der Waals surface area contributed by atoms with E-state index in [1.54, 1.807) is 18.5 Å². The van der Waals surface area contributed by atoms with Crippen molar-refractivity contribution in [2.24, 2.45) is 4.99 Å². The fraction of sp³-hybridized carbons (Fsp3) is 0.0833. The van der Waals surface area contributed by atoms with Crippen molar-refractivity contribution in [1.29, 1.82) is 0 Å². The predicted octanol–water partition coefficient (Wildman–Crippen LogP) is 1.68. The fourth-order valence-electron chi connectivity index (χ4n) is 1.83. The first-order valence-corrected chi connectivity index (χ1v) is 5.05. The molecule has 16 heavy (non-hydrogen) atoms. The van der Waals surface area contributed by atoms with Crippen LogP contribution < -0.4 is 5.32 Å². The van der Waals surface area contributed by atoms with E-state index in [-0.39, 0.29) is 5.91 Å². The number of aliphatic imine (C=N–C) groups is 1. The quantitative estimate of drug-likeness (QED) is 0.720. The molecule has 1 aromatic heterocycles. The first kappa shape index (κ1) is 9.03. The number of pyridine rings is 1. The molecule has 1 N–H and O–H groups in total. The minimum absolute atomic E-state index is 0.0850. The van der Waals surface area contributed by atoms with Crippen molar-refractivity contribution in [3.8, 4) is 0 Å². The minimum Gasteiger partial charge on any atom is -0.347 e. The van der Waals surface area contributed by atoms with Crippen LogP contribution >= 0.6 is 0 Å². The van der Waals surface area contributed by atoms with Gasteiger partial charge in [-0.3, -0.25) is 14.8 Å². The molecule has 4 heteroatoms. The molecule has 0 aliphatic carbocycles. The van der Waals surface area contributed by atoms with Gasteiger partial charge in [0.05, 0.1) is 23.3 Å². The van der Waals surface area contributed by atoms with Crippen molar-refractivity contribution in [3.63, 3.8) is 0 Å². The molecule has 3 rings (SSSR count). The van der Waals surface area contributed by atoms with E-state index in [0.29, 0.717) is 17.8 Å². The molecule has 1 amide bonds. The molecule has 0 unspecified atom stereocenters. The third-order valence-electron chi connectivity index (χ3n) is 2.58. The lowest BCUT2D eigenvalue weighted by atomic mass is 10.1. The molecule has 1 aromatic carbocycles. The molecule has 4 nitrogen and oxygen atoms in total. The van der Waals surface area contributed by atoms with Crippen LogP contribution in [0.1, 0.15) is 10.4 Å². The number of carbonyl (C=O) groups is 1. The van der Waals surface area contributed by atoms with Gasteiger partial charge in [0.1, 0.15) is 0 Å². The molecule has 78 valence electrons. The molecule has 2 aromatic rings. The molecule has 2 heterocycles. The molecule has 0 fully saturated rings. The van der Waals surface area contributed by atoms with Crippen LogP contribution in [0.25, 0.3) is 10.9 Å². The Morgan fingerprint density at radius 3 is 3.12 bits per heavy atom. The fourth-order valence-corrected chi connectivity index (χ4v) is 1.83. The molecule has 0 saturated carbocycles. The highest BCUT2D eigenvalue weighted by Gasteiger charge is 2.15. The summed E-state index contributed by atoms with van der Waals surface area (Å²) < 4.78 is 0. The zero-order valence-corrected chi connectivity index (χ0v) is 8.47. The third-order valence-corrected chi connectivity index (χ3v) is 2.58. The molecule has 0 atom stereocenters. The minimum atomic E-state index is -0.0850. The summed E-state index contributed by atoms with van der Waals surface area (Å²) in [5.74, 6) is -0.0850. The van der Waals surface area contributed by atoms with Gasteiger partial charge >= 0.3 is 0 Å². The summed E-state index contributed by atoms with van der Waals surface area (Å²) in [5.41, 5.74) is 2.17. The predicted molar refractivity (Wildman–Crippen MR) is 62.2 cm³/mol. The number of rotatable bonds is 0. The molecular formula is C12H9N3O. The summed E-state index contributed by atoms with van der Waals surface area (Å²) in [6, 6.07) is 7.38. The van der Waals surface area contributed by atoms with E-state index in [2.05, 4.69) is 15.3 Å². The van der Waals surface area contributed by atoms with E-state index in [1.165, 1.54) is 0 Å². The van der Waals surface area contributed by atoms with Crippen LogP contribution in [0.3, 0.4) is 0 Å². The normalized spacial score (nSPS) is 14.4. The van der Waals surface area contributed by atoms with Crippen molar-refractivity contribution >= 4 is 28.7 Å². The number of carbonyl (C=O) groups excluding carboxylic acids is 1. The summed E-state index contributed by atoms with van der Waals surface area (Å²) in [7, 11) is 0. The Morgan fingerprint density at radius 2 is 2.19 bits per heavy atom. The van der Waals surface area contributed by atoms with Gasteiger partial charge in [-0.1, -0.05) is 0 Å². The lowest BCUT2D eigenvalue weighted by Gasteiger charge is -2.05. The van der Waals surface area contributed by atoms with Crippen molar-refractivity contribution in [1.82, 2.24) is 10.3 Å². The number of nitrogens with zero attached hydrogens (tertiary/aromatic N) is 2. The second-order valence-electron chi connectivity index (χ2n) is 3.55. The molecular weight excluding hydrogens is 202 g/mol. The van der Waals surface area contributed by atoms with Crippen LogP contribution in [0.2, 0.25) is 0 Å². The summed E-state index contributed by atoms with van der Waals surface area (Å²) in [4.78, 5) is 20.3. The highest BCUT2D eigenvalue weighted by Crippen LogP contribution is 2.29. The topological polar surface area (TPSA) is 54.4 Å². The molecule has 1 aliphatic heterocycles. The van der Waals surface area contributed by atoms with Gasteiger partial charge in [-0.15, -0.1) is 0 Å². The second-order valence-corrected chi connectivity index (χ2v) is 3.55. The number of fused-ring (bicyclic) bond motifs is 3. The number of hydrogen-bond donors (Lipinski definition) is 1. The number of benzene rings is 1. The number of hydrogen-bond acceptors (Lipinski definition) is 3. The maximum atomic E-state index is 11.7. The van der Waals surface area contributed by atoms with E-state index < -0.39 is 0 Å². The van der Waals surface area contributed by atoms with E-state index in [4.69, 9.17) is 0 Å². The Hall–Kier alpha value is -2.23. The van der Waals surface area contributed by atoms with Crippen LogP contribution in [-0.2, 0) is 0 Å². The first-order valence-electron chi connectivity index (χ1n) is 5.05. The van der Waals surface area contributed by atoms with Gasteiger partial charge in [0.25, 0.3) is 5.91 Å². The summed E-state index contributed by atoms with van der Waals surface area (Å²) in [6.07, 6.45) is 3.44. The maximum Gasteiger partial charge on any atom is 0.253 e. The molecule has 0 radical (unpaired) electrons. The Bertz CT molecular complexity index is 604. The van der Waals surface area contributed by atoms with Crippen LogP contribution in [0, 0.1) is 0 Å². The third kappa shape index (κ3) is 1.27. The maximum absolute atomic E-state index is 11.7. The zero-order chi connectivity index (χ0) is 11.0. The van der Waals surface area contributed by atoms with Gasteiger partial charge in [0.2, 0.25) is 0 Å². The number of amides is 1. The Morgan fingerprint density at radius 1 is 1.25 bits per heavy atom. The number of nitrogens with one attached hydrogen (secondary N) is 1. The zero-order valence-electron chi connectivity index (χ0n) is 8.47. The molecule has 0 saturated heterocycles. The van der Waals surface area contributed by atoms with E-state index >= 15 is 0 Å². The largest absolute Gasteiger partial charge is 0.347 e. The molecule has 0 bridgehead atoms. The van der Waals surface area contributed by atoms with Gasteiger partial charge in [0, 0.05) is 17.8 Å². The Labute approximate surface area is 92.0 Å². The average molecular weight is 211 g/mol. The van der Waals surface area contributed by atoms with Gasteiger partial charge in [-0.25, -0.2) is 0 Å². The van der Waals surface area contributed by atoms with E-state index in [9.17, 15) is 4.79 Å². The Kier molecular flexibility index (Phi) is 1.93. The molecule has 0 spiro atoms. The Balaban J connectivity index is 2.40. The summed E-state index contributed by atoms with van der Waals surface area (Å²) in [5, 5.41) is 3.67. The lowest BCUT2D eigenvalue weighted by Crippen LogP contribution is -2.23. The summed E-state index contributed by atoms with van der Waals surface area (Å²) >= 11 is 0. The monoisotopic (exact) mass is 211 g/mol. The lowest BCUT2D eigenvalue weighted by molar-refractivity contribution is 0.0961. The number of aromatic nitrogens is 1. The SMILES string of the molecule is O=C1NCC=Nc2c1ccc1ncccc21. The van der Waals surface area contributed by atoms with Gasteiger partial charge in [-0.2, -0.15) is 0 Å². The average Bonchev–Trinajstić information content (AvgIpc) is 2.52. The van der Waals surface area contributed by atoms with Gasteiger partial charge in [0.15, 0.2) is 0 Å². The smallest absolute Gasteiger partial charge is 0.253 e. The van der Waals surface area contributed by atoms with Crippen molar-refractivity contribution in [3.05, 3.63) is 36.0 Å². The van der Waals surface area contributed by atoms with Gasteiger partial charge in [-0.05, 0) is 24.3 Å². The second kappa shape index (κ2) is 3.41. The van der Waals surface area contributed by atoms with Crippen LogP contribution in [-0.4, -0.2) is 23.7 Å². The van der Waals surface area contributed by atoms with E-state index in [1.807, 2.05) is 18.2 Å². The summed E-state index contributed by atoms with van der Waals surface area (Å²) in [6.45, 7) is 0.468. The van der Waals surface area contributed by atoms with Crippen molar-refractivity contribution in [2.45, 2.75) is 0 Å². The molecule has 1 aliphatic rings. The standard InChI is InChI=1S/C12H9N3O/c16-12-9-3-4-10-8(2-1-5-13-10)11(9)14-6-7-15-12/h1-6H,7H2,(H,15,16). The van der Waals surface area contributed by atoms with E-state index in [0.717, 1.165) is 10.9 Å². The van der Waals surface area contributed by atoms with Gasteiger partial charge < -0.3 is 5.32 Å².